The number of anilines is 1. The predicted molar refractivity (Wildman–Crippen MR) is 87.1 cm³/mol. The summed E-state index contributed by atoms with van der Waals surface area (Å²) in [5, 5.41) is 0. The quantitative estimate of drug-likeness (QED) is 0.735. The Morgan fingerprint density at radius 3 is 2.50 bits per heavy atom. The Hall–Kier alpha value is -0.150. The lowest BCUT2D eigenvalue weighted by molar-refractivity contribution is 0.170. The third kappa shape index (κ3) is 3.04. The van der Waals surface area contributed by atoms with Crippen molar-refractivity contribution in [2.75, 3.05) is 32.4 Å². The van der Waals surface area contributed by atoms with E-state index in [1.165, 1.54) is 4.31 Å². The molecular formula is C12H17Br2N3O2S. The zero-order valence-electron chi connectivity index (χ0n) is 11.3. The molecule has 2 N–H and O–H groups in total. The minimum atomic E-state index is -3.60. The summed E-state index contributed by atoms with van der Waals surface area (Å²) in [4.78, 5) is 2.27. The average molecular weight is 427 g/mol. The van der Waals surface area contributed by atoms with E-state index in [0.717, 1.165) is 11.0 Å². The van der Waals surface area contributed by atoms with Crippen molar-refractivity contribution < 1.29 is 8.42 Å². The molecule has 20 heavy (non-hydrogen) atoms. The number of sulfonamides is 1. The van der Waals surface area contributed by atoms with Crippen molar-refractivity contribution in [1.29, 1.82) is 0 Å². The van der Waals surface area contributed by atoms with Crippen molar-refractivity contribution >= 4 is 47.6 Å². The van der Waals surface area contributed by atoms with Gasteiger partial charge in [-0.2, -0.15) is 4.31 Å². The molecule has 8 heteroatoms. The average Bonchev–Trinajstić information content (AvgIpc) is 2.25. The Morgan fingerprint density at radius 1 is 1.30 bits per heavy atom. The summed E-state index contributed by atoms with van der Waals surface area (Å²) in [5.41, 5.74) is 6.16. The second kappa shape index (κ2) is 5.92. The van der Waals surface area contributed by atoms with Gasteiger partial charge in [0.25, 0.3) is 0 Å². The topological polar surface area (TPSA) is 66.6 Å². The number of benzene rings is 1. The van der Waals surface area contributed by atoms with Gasteiger partial charge in [-0.25, -0.2) is 8.42 Å². The molecule has 1 aliphatic heterocycles. The molecule has 1 aromatic rings. The van der Waals surface area contributed by atoms with Crippen LogP contribution in [0.4, 0.5) is 5.69 Å². The molecule has 1 atom stereocenters. The van der Waals surface area contributed by atoms with Crippen molar-refractivity contribution in [2.24, 2.45) is 0 Å². The summed E-state index contributed by atoms with van der Waals surface area (Å²) < 4.78 is 28.4. The summed E-state index contributed by atoms with van der Waals surface area (Å²) in [6.07, 6.45) is 0. The minimum Gasteiger partial charge on any atom is -0.398 e. The van der Waals surface area contributed by atoms with E-state index in [2.05, 4.69) is 36.8 Å². The molecule has 0 bridgehead atoms. The highest BCUT2D eigenvalue weighted by Gasteiger charge is 2.35. The predicted octanol–water partition coefficient (Wildman–Crippen LogP) is 2.12. The fourth-order valence-electron chi connectivity index (χ4n) is 2.45. The highest BCUT2D eigenvalue weighted by Crippen LogP contribution is 2.34. The Balaban J connectivity index is 2.46. The number of hydrogen-bond acceptors (Lipinski definition) is 4. The highest BCUT2D eigenvalue weighted by molar-refractivity contribution is 9.11. The molecule has 0 spiro atoms. The lowest BCUT2D eigenvalue weighted by Crippen LogP contribution is -2.52. The van der Waals surface area contributed by atoms with E-state index < -0.39 is 10.0 Å². The molecule has 1 aromatic carbocycles. The fraction of sp³-hybridized carbons (Fsp3) is 0.500. The third-order valence-electron chi connectivity index (χ3n) is 3.37. The smallest absolute Gasteiger partial charge is 0.246 e. The second-order valence-electron chi connectivity index (χ2n) is 5.03. The maximum atomic E-state index is 12.8. The molecule has 0 aromatic heterocycles. The molecule has 1 fully saturated rings. The maximum Gasteiger partial charge on any atom is 0.246 e. The van der Waals surface area contributed by atoms with E-state index in [-0.39, 0.29) is 16.6 Å². The van der Waals surface area contributed by atoms with Crippen molar-refractivity contribution in [2.45, 2.75) is 17.9 Å². The maximum absolute atomic E-state index is 12.8. The van der Waals surface area contributed by atoms with Gasteiger partial charge in [0, 0.05) is 34.6 Å². The third-order valence-corrected chi connectivity index (χ3v) is 6.85. The van der Waals surface area contributed by atoms with Crippen LogP contribution in [-0.2, 0) is 10.0 Å². The van der Waals surface area contributed by atoms with Crippen molar-refractivity contribution in [3.63, 3.8) is 0 Å². The van der Waals surface area contributed by atoms with Crippen molar-refractivity contribution in [1.82, 2.24) is 9.21 Å². The van der Waals surface area contributed by atoms with Crippen molar-refractivity contribution in [3.8, 4) is 0 Å². The number of rotatable bonds is 2. The van der Waals surface area contributed by atoms with E-state index in [1.54, 1.807) is 12.1 Å². The minimum absolute atomic E-state index is 0.0753. The lowest BCUT2D eigenvalue weighted by atomic mass is 10.2. The number of hydrogen-bond donors (Lipinski definition) is 1. The molecule has 1 unspecified atom stereocenters. The fourth-order valence-corrected chi connectivity index (χ4v) is 6.08. The van der Waals surface area contributed by atoms with Gasteiger partial charge in [0.05, 0.1) is 5.69 Å². The standard InChI is InChI=1S/C12H17Br2N3O2S/c1-8-7-16(2)3-4-17(8)20(18,19)12-10(14)5-9(13)6-11(12)15/h5-6,8H,3-4,7,15H2,1-2H3. The molecule has 0 radical (unpaired) electrons. The van der Waals surface area contributed by atoms with Crippen molar-refractivity contribution in [3.05, 3.63) is 21.1 Å². The van der Waals surface area contributed by atoms with Gasteiger partial charge in [0.15, 0.2) is 0 Å². The molecule has 1 heterocycles. The van der Waals surface area contributed by atoms with Crippen LogP contribution in [0.2, 0.25) is 0 Å². The Morgan fingerprint density at radius 2 is 1.95 bits per heavy atom. The van der Waals surface area contributed by atoms with E-state index in [1.807, 2.05) is 14.0 Å². The summed E-state index contributed by atoms with van der Waals surface area (Å²) in [7, 11) is -1.61. The monoisotopic (exact) mass is 425 g/mol. The van der Waals surface area contributed by atoms with Gasteiger partial charge >= 0.3 is 0 Å². The molecule has 1 saturated heterocycles. The van der Waals surface area contributed by atoms with Gasteiger partial charge in [-0.3, -0.25) is 0 Å². The number of nitrogen functional groups attached to an aromatic ring is 1. The normalized spacial score (nSPS) is 22.1. The first kappa shape index (κ1) is 16.2. The molecule has 0 aliphatic carbocycles. The Kier molecular flexibility index (Phi) is 4.80. The van der Waals surface area contributed by atoms with Gasteiger partial charge in [-0.05, 0) is 42.0 Å². The number of nitrogens with zero attached hydrogens (tertiary/aromatic N) is 2. The molecule has 112 valence electrons. The number of likely N-dealkylation sites (N-methyl/N-ethyl adjacent to an activating group) is 1. The first-order chi connectivity index (χ1) is 9.23. The van der Waals surface area contributed by atoms with Crippen LogP contribution >= 0.6 is 31.9 Å². The van der Waals surface area contributed by atoms with Crippen LogP contribution in [0.3, 0.4) is 0 Å². The van der Waals surface area contributed by atoms with E-state index in [0.29, 0.717) is 17.6 Å². The number of halogens is 2. The van der Waals surface area contributed by atoms with Crippen LogP contribution < -0.4 is 5.73 Å². The van der Waals surface area contributed by atoms with E-state index in [9.17, 15) is 8.42 Å². The molecule has 1 aliphatic rings. The molecule has 2 rings (SSSR count). The van der Waals surface area contributed by atoms with Gasteiger partial charge < -0.3 is 10.6 Å². The zero-order chi connectivity index (χ0) is 15.1. The van der Waals surface area contributed by atoms with Crippen LogP contribution in [0.15, 0.2) is 26.0 Å². The lowest BCUT2D eigenvalue weighted by Gasteiger charge is -2.37. The first-order valence-electron chi connectivity index (χ1n) is 6.18. The summed E-state index contributed by atoms with van der Waals surface area (Å²) in [6, 6.07) is 3.23. The Bertz CT molecular complexity index is 598. The molecule has 0 amide bonds. The Labute approximate surface area is 136 Å². The summed E-state index contributed by atoms with van der Waals surface area (Å²) in [6.45, 7) is 3.82. The van der Waals surface area contributed by atoms with E-state index in [4.69, 9.17) is 5.73 Å². The van der Waals surface area contributed by atoms with Crippen LogP contribution in [-0.4, -0.2) is 50.3 Å². The van der Waals surface area contributed by atoms with Crippen LogP contribution in [0.1, 0.15) is 6.92 Å². The second-order valence-corrected chi connectivity index (χ2v) is 8.63. The van der Waals surface area contributed by atoms with Crippen LogP contribution in [0.25, 0.3) is 0 Å². The van der Waals surface area contributed by atoms with Gasteiger partial charge in [0.1, 0.15) is 4.90 Å². The zero-order valence-corrected chi connectivity index (χ0v) is 15.3. The number of nitrogens with two attached hydrogens (primary N) is 1. The van der Waals surface area contributed by atoms with Gasteiger partial charge in [0.2, 0.25) is 10.0 Å². The summed E-state index contributed by atoms with van der Waals surface area (Å²) in [5.74, 6) is 0. The van der Waals surface area contributed by atoms with Crippen LogP contribution in [0, 0.1) is 0 Å². The largest absolute Gasteiger partial charge is 0.398 e. The molecule has 5 nitrogen and oxygen atoms in total. The number of piperazine rings is 1. The van der Waals surface area contributed by atoms with E-state index >= 15 is 0 Å². The SMILES string of the molecule is CC1CN(C)CCN1S(=O)(=O)c1c(N)cc(Br)cc1Br. The molecular weight excluding hydrogens is 410 g/mol. The van der Waals surface area contributed by atoms with Gasteiger partial charge in [-0.15, -0.1) is 0 Å². The first-order valence-corrected chi connectivity index (χ1v) is 9.21. The molecule has 0 saturated carbocycles. The highest BCUT2D eigenvalue weighted by atomic mass is 79.9. The van der Waals surface area contributed by atoms with Gasteiger partial charge in [-0.1, -0.05) is 15.9 Å². The van der Waals surface area contributed by atoms with Crippen LogP contribution in [0.5, 0.6) is 0 Å². The summed E-state index contributed by atoms with van der Waals surface area (Å²) >= 11 is 6.61.